The van der Waals surface area contributed by atoms with Crippen LogP contribution in [0.15, 0.2) is 29.4 Å². The van der Waals surface area contributed by atoms with Gasteiger partial charge < -0.3 is 16.3 Å². The molecule has 0 aromatic heterocycles. The van der Waals surface area contributed by atoms with Crippen LogP contribution in [-0.2, 0) is 11.3 Å². The van der Waals surface area contributed by atoms with Gasteiger partial charge in [-0.2, -0.15) is 0 Å². The van der Waals surface area contributed by atoms with E-state index >= 15 is 0 Å². The van der Waals surface area contributed by atoms with Crippen LogP contribution in [0.3, 0.4) is 0 Å². The molecule has 5 heteroatoms. The molecule has 1 aromatic rings. The van der Waals surface area contributed by atoms with Crippen molar-refractivity contribution in [2.75, 3.05) is 0 Å². The summed E-state index contributed by atoms with van der Waals surface area (Å²) in [4.78, 5) is 12.3. The zero-order valence-corrected chi connectivity index (χ0v) is 13.2. The van der Waals surface area contributed by atoms with Crippen LogP contribution in [0.4, 0.5) is 0 Å². The topological polar surface area (TPSA) is 87.7 Å². The molecule has 0 spiro atoms. The predicted molar refractivity (Wildman–Crippen MR) is 84.2 cm³/mol. The van der Waals surface area contributed by atoms with E-state index in [1.165, 1.54) is 5.56 Å². The maximum atomic E-state index is 12.3. The number of nitrogens with two attached hydrogens (primary N) is 1. The van der Waals surface area contributed by atoms with Crippen molar-refractivity contribution in [3.8, 4) is 0 Å². The number of amides is 1. The van der Waals surface area contributed by atoms with Gasteiger partial charge in [0.1, 0.15) is 5.41 Å². The van der Waals surface area contributed by atoms with E-state index < -0.39 is 5.41 Å². The fraction of sp³-hybridized carbons (Fsp3) is 0.500. The highest BCUT2D eigenvalue weighted by Crippen LogP contribution is 2.22. The zero-order valence-electron chi connectivity index (χ0n) is 13.2. The number of amidine groups is 1. The summed E-state index contributed by atoms with van der Waals surface area (Å²) in [5.41, 5.74) is 6.91. The number of carbonyl (C=O) groups is 1. The highest BCUT2D eigenvalue weighted by atomic mass is 16.4. The van der Waals surface area contributed by atoms with Gasteiger partial charge >= 0.3 is 0 Å². The third-order valence-electron chi connectivity index (χ3n) is 3.98. The van der Waals surface area contributed by atoms with E-state index in [9.17, 15) is 4.79 Å². The van der Waals surface area contributed by atoms with Crippen molar-refractivity contribution in [2.45, 2.75) is 46.6 Å². The van der Waals surface area contributed by atoms with Gasteiger partial charge in [0.05, 0.1) is 0 Å². The van der Waals surface area contributed by atoms with Crippen molar-refractivity contribution in [2.24, 2.45) is 16.3 Å². The van der Waals surface area contributed by atoms with Crippen LogP contribution in [0.2, 0.25) is 0 Å². The van der Waals surface area contributed by atoms with Gasteiger partial charge in [-0.25, -0.2) is 0 Å². The summed E-state index contributed by atoms with van der Waals surface area (Å²) in [6.45, 7) is 8.20. The van der Waals surface area contributed by atoms with Crippen molar-refractivity contribution in [3.63, 3.8) is 0 Å². The second kappa shape index (κ2) is 7.11. The molecule has 0 radical (unpaired) electrons. The Labute approximate surface area is 126 Å². The molecule has 0 heterocycles. The van der Waals surface area contributed by atoms with E-state index in [0.29, 0.717) is 18.9 Å². The molecule has 0 fully saturated rings. The largest absolute Gasteiger partial charge is 0.409 e. The molecule has 4 N–H and O–H groups in total. The number of carbonyl (C=O) groups excluding carboxylic acids is 1. The van der Waals surface area contributed by atoms with Crippen molar-refractivity contribution in [3.05, 3.63) is 35.4 Å². The molecular weight excluding hydrogens is 266 g/mol. The van der Waals surface area contributed by atoms with Crippen LogP contribution in [0.25, 0.3) is 0 Å². The molecule has 1 unspecified atom stereocenters. The molecule has 1 atom stereocenters. The lowest BCUT2D eigenvalue weighted by Crippen LogP contribution is -2.47. The number of rotatable bonds is 6. The number of nitrogens with one attached hydrogen (secondary N) is 1. The Hall–Kier alpha value is -2.04. The SMILES string of the molecule is CCC(C)(C(=O)NCc1ccc(C(C)C)cc1)/C(N)=N/O. The van der Waals surface area contributed by atoms with Gasteiger partial charge in [-0.1, -0.05) is 50.2 Å². The Bertz CT molecular complexity index is 509. The van der Waals surface area contributed by atoms with E-state index in [0.717, 1.165) is 5.56 Å². The first kappa shape index (κ1) is 17.0. The fourth-order valence-corrected chi connectivity index (χ4v) is 1.97. The highest BCUT2D eigenvalue weighted by molar-refractivity contribution is 6.06. The summed E-state index contributed by atoms with van der Waals surface area (Å²) in [6.07, 6.45) is 0.459. The Kier molecular flexibility index (Phi) is 5.76. The molecular formula is C16H25N3O2. The molecule has 5 nitrogen and oxygen atoms in total. The van der Waals surface area contributed by atoms with Crippen molar-refractivity contribution < 1.29 is 10.0 Å². The molecule has 1 amide bonds. The predicted octanol–water partition coefficient (Wildman–Crippen LogP) is 2.59. The molecule has 0 aliphatic carbocycles. The molecule has 0 bridgehead atoms. The summed E-state index contributed by atoms with van der Waals surface area (Å²) in [5.74, 6) is 0.170. The third kappa shape index (κ3) is 3.97. The first-order valence-electron chi connectivity index (χ1n) is 7.20. The zero-order chi connectivity index (χ0) is 16.0. The number of oxime groups is 1. The standard InChI is InChI=1S/C16H25N3O2/c1-5-16(4,14(17)19-21)15(20)18-10-12-6-8-13(9-7-12)11(2)3/h6-9,11,21H,5,10H2,1-4H3,(H2,17,19)(H,18,20). The van der Waals surface area contributed by atoms with E-state index in [1.807, 2.05) is 19.1 Å². The van der Waals surface area contributed by atoms with Crippen molar-refractivity contribution in [1.29, 1.82) is 0 Å². The smallest absolute Gasteiger partial charge is 0.233 e. The highest BCUT2D eigenvalue weighted by Gasteiger charge is 2.36. The molecule has 0 saturated heterocycles. The Balaban J connectivity index is 2.72. The molecule has 0 aliphatic rings. The molecule has 1 aromatic carbocycles. The monoisotopic (exact) mass is 291 g/mol. The maximum absolute atomic E-state index is 12.3. The lowest BCUT2D eigenvalue weighted by Gasteiger charge is -2.25. The maximum Gasteiger partial charge on any atom is 0.233 e. The quantitative estimate of drug-likeness (QED) is 0.326. The number of benzene rings is 1. The minimum Gasteiger partial charge on any atom is -0.409 e. The van der Waals surface area contributed by atoms with Gasteiger partial charge in [0.15, 0.2) is 5.84 Å². The van der Waals surface area contributed by atoms with Crippen LogP contribution in [-0.4, -0.2) is 17.0 Å². The summed E-state index contributed by atoms with van der Waals surface area (Å²) in [6, 6.07) is 8.13. The van der Waals surface area contributed by atoms with Crippen molar-refractivity contribution in [1.82, 2.24) is 5.32 Å². The van der Waals surface area contributed by atoms with Gasteiger partial charge in [-0.05, 0) is 30.4 Å². The van der Waals surface area contributed by atoms with Gasteiger partial charge in [0.25, 0.3) is 0 Å². The minimum absolute atomic E-state index is 0.0716. The first-order valence-corrected chi connectivity index (χ1v) is 7.20. The Morgan fingerprint density at radius 1 is 1.38 bits per heavy atom. The van der Waals surface area contributed by atoms with Gasteiger partial charge in [0, 0.05) is 6.54 Å². The molecule has 116 valence electrons. The van der Waals surface area contributed by atoms with Crippen LogP contribution in [0, 0.1) is 5.41 Å². The van der Waals surface area contributed by atoms with Crippen LogP contribution < -0.4 is 11.1 Å². The van der Waals surface area contributed by atoms with Crippen LogP contribution >= 0.6 is 0 Å². The molecule has 1 rings (SSSR count). The molecule has 0 saturated carbocycles. The Morgan fingerprint density at radius 3 is 2.38 bits per heavy atom. The summed E-state index contributed by atoms with van der Waals surface area (Å²) < 4.78 is 0. The number of hydrogen-bond donors (Lipinski definition) is 3. The van der Waals surface area contributed by atoms with E-state index in [2.05, 4.69) is 36.5 Å². The lowest BCUT2D eigenvalue weighted by atomic mass is 9.85. The van der Waals surface area contributed by atoms with Gasteiger partial charge in [-0.15, -0.1) is 0 Å². The van der Waals surface area contributed by atoms with Crippen LogP contribution in [0.1, 0.15) is 51.2 Å². The van der Waals surface area contributed by atoms with E-state index in [-0.39, 0.29) is 11.7 Å². The van der Waals surface area contributed by atoms with Crippen LogP contribution in [0.5, 0.6) is 0 Å². The summed E-state index contributed by atoms with van der Waals surface area (Å²) >= 11 is 0. The third-order valence-corrected chi connectivity index (χ3v) is 3.98. The minimum atomic E-state index is -0.993. The first-order chi connectivity index (χ1) is 9.85. The van der Waals surface area contributed by atoms with Gasteiger partial charge in [0.2, 0.25) is 5.91 Å². The average molecular weight is 291 g/mol. The summed E-state index contributed by atoms with van der Waals surface area (Å²) in [7, 11) is 0. The number of hydrogen-bond acceptors (Lipinski definition) is 3. The second-order valence-electron chi connectivity index (χ2n) is 5.75. The van der Waals surface area contributed by atoms with Crippen molar-refractivity contribution >= 4 is 11.7 Å². The molecule has 0 aliphatic heterocycles. The fourth-order valence-electron chi connectivity index (χ4n) is 1.97. The van der Waals surface area contributed by atoms with E-state index in [1.54, 1.807) is 6.92 Å². The van der Waals surface area contributed by atoms with Gasteiger partial charge in [-0.3, -0.25) is 4.79 Å². The average Bonchev–Trinajstić information content (AvgIpc) is 2.51. The van der Waals surface area contributed by atoms with E-state index in [4.69, 9.17) is 10.9 Å². The lowest BCUT2D eigenvalue weighted by molar-refractivity contribution is -0.127. The number of nitrogens with zero attached hydrogens (tertiary/aromatic N) is 1. The second-order valence-corrected chi connectivity index (χ2v) is 5.75. The molecule has 21 heavy (non-hydrogen) atoms. The summed E-state index contributed by atoms with van der Waals surface area (Å²) in [5, 5.41) is 14.6. The Morgan fingerprint density at radius 2 is 1.95 bits per heavy atom. The normalized spacial score (nSPS) is 14.8.